The zero-order valence-corrected chi connectivity index (χ0v) is 55.6. The van der Waals surface area contributed by atoms with Crippen LogP contribution in [0, 0.1) is 0 Å². The summed E-state index contributed by atoms with van der Waals surface area (Å²) in [6.07, 6.45) is 67.0. The van der Waals surface area contributed by atoms with Gasteiger partial charge in [0.05, 0.1) is 32.0 Å². The highest BCUT2D eigenvalue weighted by atomic mass is 16.7. The van der Waals surface area contributed by atoms with Gasteiger partial charge in [-0.1, -0.05) is 284 Å². The molecule has 0 aromatic rings. The molecule has 2 rings (SSSR count). The average Bonchev–Trinajstić information content (AvgIpc) is 2.51. The van der Waals surface area contributed by atoms with Crippen molar-refractivity contribution in [2.24, 2.45) is 0 Å². The molecule has 14 nitrogen and oxygen atoms in total. The van der Waals surface area contributed by atoms with Crippen LogP contribution in [0.4, 0.5) is 0 Å². The fourth-order valence-corrected chi connectivity index (χ4v) is 11.1. The summed E-state index contributed by atoms with van der Waals surface area (Å²) in [5, 5.41) is 87.5. The van der Waals surface area contributed by atoms with Crippen LogP contribution in [0.15, 0.2) is 109 Å². The highest BCUT2D eigenvalue weighted by molar-refractivity contribution is 5.76. The van der Waals surface area contributed by atoms with E-state index in [1.807, 2.05) is 6.08 Å². The van der Waals surface area contributed by atoms with Crippen molar-refractivity contribution in [3.63, 3.8) is 0 Å². The zero-order valence-electron chi connectivity index (χ0n) is 55.6. The number of hydrogen-bond donors (Lipinski definition) is 9. The summed E-state index contributed by atoms with van der Waals surface area (Å²) in [4.78, 5) is 13.3. The van der Waals surface area contributed by atoms with Gasteiger partial charge in [-0.2, -0.15) is 0 Å². The minimum Gasteiger partial charge on any atom is -0.394 e. The molecule has 12 atom stereocenters. The summed E-state index contributed by atoms with van der Waals surface area (Å²) in [7, 11) is 0. The van der Waals surface area contributed by atoms with E-state index >= 15 is 0 Å². The molecule has 2 aliphatic rings. The monoisotopic (exact) mass is 1250 g/mol. The maximum atomic E-state index is 13.3. The van der Waals surface area contributed by atoms with Gasteiger partial charge in [0, 0.05) is 6.42 Å². The van der Waals surface area contributed by atoms with Crippen molar-refractivity contribution in [2.75, 3.05) is 19.8 Å². The lowest BCUT2D eigenvalue weighted by Crippen LogP contribution is -2.65. The molecule has 2 heterocycles. The Kier molecular flexibility index (Phi) is 53.7. The van der Waals surface area contributed by atoms with Crippen molar-refractivity contribution in [3.05, 3.63) is 109 Å². The molecule has 0 radical (unpaired) electrons. The molecule has 0 saturated carbocycles. The normalized spacial score (nSPS) is 23.7. The SMILES string of the molecule is CC/C=C\C/C=C\C/C=C\C/C=C\C/C=C\C/C=C\C/C=C\C/C=C\CCCCCCC(=O)NC(COC1OC(CO)C(OC2OC(CO)C(O)C(O)C2O)C(O)C1O)C(O)/C=C/CCCCCCCCCCCCCCCCCCCCCCCCCC. The van der Waals surface area contributed by atoms with E-state index in [1.54, 1.807) is 6.08 Å². The van der Waals surface area contributed by atoms with Crippen LogP contribution in [0.2, 0.25) is 0 Å². The number of aliphatic hydroxyl groups excluding tert-OH is 8. The van der Waals surface area contributed by atoms with Crippen molar-refractivity contribution in [1.82, 2.24) is 5.32 Å². The van der Waals surface area contributed by atoms with E-state index in [9.17, 15) is 45.6 Å². The summed E-state index contributed by atoms with van der Waals surface area (Å²) in [5.74, 6) is -0.266. The van der Waals surface area contributed by atoms with Gasteiger partial charge in [-0.15, -0.1) is 0 Å². The van der Waals surface area contributed by atoms with E-state index in [2.05, 4.69) is 116 Å². The van der Waals surface area contributed by atoms with E-state index in [0.29, 0.717) is 6.42 Å². The van der Waals surface area contributed by atoms with Gasteiger partial charge < -0.3 is 65.1 Å². The molecular weight excluding hydrogens is 1120 g/mol. The van der Waals surface area contributed by atoms with Gasteiger partial charge in [0.2, 0.25) is 5.91 Å². The molecule has 89 heavy (non-hydrogen) atoms. The van der Waals surface area contributed by atoms with Crippen LogP contribution in [0.5, 0.6) is 0 Å². The fraction of sp³-hybridized carbons (Fsp3) is 0.747. The Morgan fingerprint density at radius 1 is 0.416 bits per heavy atom. The number of amides is 1. The first kappa shape index (κ1) is 81.7. The van der Waals surface area contributed by atoms with Gasteiger partial charge in [-0.25, -0.2) is 0 Å². The molecule has 2 saturated heterocycles. The molecule has 12 unspecified atom stereocenters. The molecule has 0 bridgehead atoms. The third kappa shape index (κ3) is 42.5. The molecule has 1 amide bonds. The zero-order chi connectivity index (χ0) is 64.5. The number of ether oxygens (including phenoxy) is 4. The first-order chi connectivity index (χ1) is 43.6. The predicted octanol–water partition coefficient (Wildman–Crippen LogP) is 14.7. The van der Waals surface area contributed by atoms with Crippen LogP contribution in [0.25, 0.3) is 0 Å². The first-order valence-electron chi connectivity index (χ1n) is 35.6. The molecular formula is C75H129NO13. The summed E-state index contributed by atoms with van der Waals surface area (Å²) in [6.45, 7) is 2.69. The standard InChI is InChI=1S/C75H129NO13/c1-3-5-7-9-11-13-15-17-19-21-23-25-27-29-31-32-33-35-37-39-41-43-45-47-49-51-53-55-57-59-67(80)76-63(62-86-74-72(85)70(83)73(66(61-78)88-74)89-75-71(84)69(82)68(81)65(60-77)87-75)64(79)58-56-54-52-50-48-46-44-42-40-38-36-34-30-28-26-24-22-20-18-16-14-12-10-8-6-4-2/h5,7,11,13,17,19,23,25,29,31,33,35,39,41,45,47,56,58,63-66,68-75,77-79,81-85H,3-4,6,8-10,12,14-16,18,20-22,24,26-28,30,32,34,36-38,40,42-44,46,48-55,57,59-62H2,1-2H3,(H,76,80)/b7-5-,13-11-,19-17-,25-23-,31-29-,35-33-,41-39-,47-45-,58-56+. The molecule has 0 aliphatic carbocycles. The largest absolute Gasteiger partial charge is 0.394 e. The molecule has 9 N–H and O–H groups in total. The predicted molar refractivity (Wildman–Crippen MR) is 364 cm³/mol. The lowest BCUT2D eigenvalue weighted by atomic mass is 9.97. The van der Waals surface area contributed by atoms with Gasteiger partial charge in [0.1, 0.15) is 48.8 Å². The lowest BCUT2D eigenvalue weighted by molar-refractivity contribution is -0.359. The number of rotatable bonds is 57. The molecule has 0 aromatic heterocycles. The highest BCUT2D eigenvalue weighted by Gasteiger charge is 2.51. The van der Waals surface area contributed by atoms with E-state index in [0.717, 1.165) is 96.3 Å². The minimum absolute atomic E-state index is 0.245. The summed E-state index contributed by atoms with van der Waals surface area (Å²) < 4.78 is 22.8. The van der Waals surface area contributed by atoms with E-state index in [1.165, 1.54) is 141 Å². The lowest BCUT2D eigenvalue weighted by Gasteiger charge is -2.46. The Morgan fingerprint density at radius 3 is 1.19 bits per heavy atom. The smallest absolute Gasteiger partial charge is 0.220 e. The quantitative estimate of drug-likeness (QED) is 0.0204. The third-order valence-corrected chi connectivity index (χ3v) is 16.7. The van der Waals surface area contributed by atoms with Gasteiger partial charge in [0.25, 0.3) is 0 Å². The summed E-state index contributed by atoms with van der Waals surface area (Å²) in [5.41, 5.74) is 0. The van der Waals surface area contributed by atoms with Crippen molar-refractivity contribution in [3.8, 4) is 0 Å². The van der Waals surface area contributed by atoms with Crippen LogP contribution in [0.3, 0.4) is 0 Å². The Balaban J connectivity index is 1.71. The summed E-state index contributed by atoms with van der Waals surface area (Å²) >= 11 is 0. The number of nitrogens with one attached hydrogen (secondary N) is 1. The van der Waals surface area contributed by atoms with Gasteiger partial charge in [-0.3, -0.25) is 4.79 Å². The number of hydrogen-bond acceptors (Lipinski definition) is 13. The van der Waals surface area contributed by atoms with Crippen molar-refractivity contribution < 1.29 is 64.6 Å². The topological polar surface area (TPSA) is 228 Å². The Bertz CT molecular complexity index is 1910. The average molecular weight is 1250 g/mol. The van der Waals surface area contributed by atoms with Gasteiger partial charge in [0.15, 0.2) is 12.6 Å². The summed E-state index contributed by atoms with van der Waals surface area (Å²) in [6, 6.07) is -0.939. The maximum absolute atomic E-state index is 13.3. The number of allylic oxidation sites excluding steroid dienone is 17. The van der Waals surface area contributed by atoms with Crippen molar-refractivity contribution in [2.45, 2.75) is 338 Å². The Labute approximate surface area is 540 Å². The Morgan fingerprint density at radius 2 is 0.775 bits per heavy atom. The highest BCUT2D eigenvalue weighted by Crippen LogP contribution is 2.30. The van der Waals surface area contributed by atoms with Crippen molar-refractivity contribution >= 4 is 5.91 Å². The molecule has 512 valence electrons. The number of carbonyl (C=O) groups is 1. The molecule has 2 fully saturated rings. The van der Waals surface area contributed by atoms with Crippen LogP contribution >= 0.6 is 0 Å². The van der Waals surface area contributed by atoms with Crippen molar-refractivity contribution in [1.29, 1.82) is 0 Å². The molecule has 14 heteroatoms. The van der Waals surface area contributed by atoms with Crippen LogP contribution in [-0.4, -0.2) is 140 Å². The first-order valence-corrected chi connectivity index (χ1v) is 35.6. The minimum atomic E-state index is -1.80. The van der Waals surface area contributed by atoms with Gasteiger partial charge in [-0.05, 0) is 83.5 Å². The molecule has 2 aliphatic heterocycles. The van der Waals surface area contributed by atoms with E-state index in [4.69, 9.17) is 18.9 Å². The number of unbranched alkanes of at least 4 members (excludes halogenated alkanes) is 28. The second-order valence-electron chi connectivity index (χ2n) is 24.6. The fourth-order valence-electron chi connectivity index (χ4n) is 11.1. The second kappa shape index (κ2) is 58.5. The van der Waals surface area contributed by atoms with Crippen LogP contribution < -0.4 is 5.32 Å². The molecule has 0 aromatic carbocycles. The number of carbonyl (C=O) groups excluding carboxylic acids is 1. The third-order valence-electron chi connectivity index (χ3n) is 16.7. The maximum Gasteiger partial charge on any atom is 0.220 e. The molecule has 0 spiro atoms. The van der Waals surface area contributed by atoms with E-state index in [-0.39, 0.29) is 18.9 Å². The van der Waals surface area contributed by atoms with Gasteiger partial charge >= 0.3 is 0 Å². The van der Waals surface area contributed by atoms with Crippen LogP contribution in [-0.2, 0) is 23.7 Å². The Hall–Kier alpha value is -3.35. The second-order valence-corrected chi connectivity index (χ2v) is 24.6. The number of aliphatic hydroxyl groups is 8. The van der Waals surface area contributed by atoms with E-state index < -0.39 is 86.8 Å². The van der Waals surface area contributed by atoms with Crippen LogP contribution in [0.1, 0.15) is 264 Å².